The smallest absolute Gasteiger partial charge is 0.124 e. The van der Waals surface area contributed by atoms with Gasteiger partial charge in [0.15, 0.2) is 0 Å². The first-order valence-corrected chi connectivity index (χ1v) is 8.31. The zero-order chi connectivity index (χ0) is 16.2. The summed E-state index contributed by atoms with van der Waals surface area (Å²) in [6, 6.07) is 15.2. The summed E-state index contributed by atoms with van der Waals surface area (Å²) in [5.74, 6) is 1.21. The predicted octanol–water partition coefficient (Wildman–Crippen LogP) is 4.29. The summed E-state index contributed by atoms with van der Waals surface area (Å²) in [5.41, 5.74) is 2.75. The fourth-order valence-electron chi connectivity index (χ4n) is 2.94. The fraction of sp³-hybridized carbons (Fsp3) is 0.400. The molecule has 0 aromatic heterocycles. The van der Waals surface area contributed by atoms with E-state index in [1.807, 2.05) is 0 Å². The first-order valence-electron chi connectivity index (χ1n) is 8.31. The van der Waals surface area contributed by atoms with Crippen molar-refractivity contribution in [3.63, 3.8) is 0 Å². The van der Waals surface area contributed by atoms with Crippen LogP contribution in [-0.2, 0) is 13.0 Å². The molecule has 0 atom stereocenters. The van der Waals surface area contributed by atoms with E-state index in [4.69, 9.17) is 4.74 Å². The molecule has 122 valence electrons. The third-order valence-electron chi connectivity index (χ3n) is 4.11. The highest BCUT2D eigenvalue weighted by molar-refractivity contribution is 5.24. The Morgan fingerprint density at radius 3 is 2.22 bits per heavy atom. The van der Waals surface area contributed by atoms with Gasteiger partial charge in [0.1, 0.15) is 17.7 Å². The molecular weight excluding hydrogens is 289 g/mol. The Morgan fingerprint density at radius 2 is 1.61 bits per heavy atom. The first kappa shape index (κ1) is 16.0. The van der Waals surface area contributed by atoms with Crippen molar-refractivity contribution in [3.8, 4) is 5.75 Å². The van der Waals surface area contributed by atoms with E-state index >= 15 is 0 Å². The average molecular weight is 313 g/mol. The number of rotatable bonds is 6. The van der Waals surface area contributed by atoms with E-state index in [9.17, 15) is 4.39 Å². The van der Waals surface area contributed by atoms with Gasteiger partial charge in [-0.05, 0) is 47.7 Å². The Kier molecular flexibility index (Phi) is 4.97. The molecule has 2 aromatic carbocycles. The molecule has 1 aliphatic heterocycles. The summed E-state index contributed by atoms with van der Waals surface area (Å²) < 4.78 is 18.7. The summed E-state index contributed by atoms with van der Waals surface area (Å²) in [6.07, 6.45) is 1.35. The summed E-state index contributed by atoms with van der Waals surface area (Å²) in [5, 5.41) is 0. The highest BCUT2D eigenvalue weighted by atomic mass is 19.1. The monoisotopic (exact) mass is 313 g/mol. The molecule has 1 heterocycles. The molecule has 1 fully saturated rings. The molecule has 0 amide bonds. The summed E-state index contributed by atoms with van der Waals surface area (Å²) >= 11 is 0. The molecule has 3 heteroatoms. The van der Waals surface area contributed by atoms with Crippen LogP contribution >= 0.6 is 0 Å². The van der Waals surface area contributed by atoms with Crippen molar-refractivity contribution in [2.24, 2.45) is 5.92 Å². The largest absolute Gasteiger partial charge is 0.488 e. The van der Waals surface area contributed by atoms with Crippen LogP contribution in [-0.4, -0.2) is 24.1 Å². The van der Waals surface area contributed by atoms with Crippen LogP contribution in [0.15, 0.2) is 48.5 Å². The highest BCUT2D eigenvalue weighted by Gasteiger charge is 2.28. The molecule has 0 spiro atoms. The Balaban J connectivity index is 1.44. The average Bonchev–Trinajstić information content (AvgIpc) is 2.48. The van der Waals surface area contributed by atoms with E-state index in [0.717, 1.165) is 31.8 Å². The first-order chi connectivity index (χ1) is 11.1. The van der Waals surface area contributed by atoms with Crippen molar-refractivity contribution < 1.29 is 9.13 Å². The predicted molar refractivity (Wildman–Crippen MR) is 91.1 cm³/mol. The summed E-state index contributed by atoms with van der Waals surface area (Å²) in [4.78, 5) is 2.37. The van der Waals surface area contributed by atoms with Gasteiger partial charge in [0.05, 0.1) is 0 Å². The molecule has 2 aromatic rings. The maximum Gasteiger partial charge on any atom is 0.124 e. The van der Waals surface area contributed by atoms with Gasteiger partial charge in [-0.15, -0.1) is 0 Å². The lowest BCUT2D eigenvalue weighted by Crippen LogP contribution is -2.53. The van der Waals surface area contributed by atoms with Crippen LogP contribution in [0.5, 0.6) is 5.75 Å². The van der Waals surface area contributed by atoms with Crippen molar-refractivity contribution in [1.82, 2.24) is 4.90 Å². The van der Waals surface area contributed by atoms with Gasteiger partial charge in [-0.1, -0.05) is 38.1 Å². The topological polar surface area (TPSA) is 12.5 Å². The fourth-order valence-corrected chi connectivity index (χ4v) is 2.94. The van der Waals surface area contributed by atoms with Crippen molar-refractivity contribution in [3.05, 3.63) is 65.5 Å². The van der Waals surface area contributed by atoms with Gasteiger partial charge in [0.25, 0.3) is 0 Å². The molecule has 23 heavy (non-hydrogen) atoms. The molecule has 1 aliphatic rings. The minimum Gasteiger partial charge on any atom is -0.488 e. The van der Waals surface area contributed by atoms with Crippen molar-refractivity contribution >= 4 is 0 Å². The number of nitrogens with zero attached hydrogens (tertiary/aromatic N) is 1. The van der Waals surface area contributed by atoms with E-state index in [1.165, 1.54) is 23.3 Å². The van der Waals surface area contributed by atoms with E-state index in [0.29, 0.717) is 5.92 Å². The molecule has 0 bridgehead atoms. The van der Waals surface area contributed by atoms with Gasteiger partial charge < -0.3 is 4.74 Å². The van der Waals surface area contributed by atoms with E-state index in [1.54, 1.807) is 12.1 Å². The quantitative estimate of drug-likeness (QED) is 0.789. The molecule has 0 radical (unpaired) electrons. The number of ether oxygens (including phenoxy) is 1. The number of hydrogen-bond acceptors (Lipinski definition) is 2. The van der Waals surface area contributed by atoms with Gasteiger partial charge in [-0.3, -0.25) is 4.90 Å². The SMILES string of the molecule is CC(C)Cc1ccc(CN2CC(Oc3ccc(F)cc3)C2)cc1. The second-order valence-electron chi connectivity index (χ2n) is 6.80. The van der Waals surface area contributed by atoms with Crippen LogP contribution in [0.2, 0.25) is 0 Å². The Hall–Kier alpha value is -1.87. The van der Waals surface area contributed by atoms with Crippen molar-refractivity contribution in [2.75, 3.05) is 13.1 Å². The van der Waals surface area contributed by atoms with Crippen LogP contribution in [0.25, 0.3) is 0 Å². The lowest BCUT2D eigenvalue weighted by atomic mass is 10.0. The molecule has 0 saturated carbocycles. The molecule has 2 nitrogen and oxygen atoms in total. The Morgan fingerprint density at radius 1 is 1.00 bits per heavy atom. The van der Waals surface area contributed by atoms with Crippen molar-refractivity contribution in [1.29, 1.82) is 0 Å². The maximum atomic E-state index is 12.9. The van der Waals surface area contributed by atoms with E-state index in [-0.39, 0.29) is 11.9 Å². The lowest BCUT2D eigenvalue weighted by molar-refractivity contribution is 0.0145. The van der Waals surface area contributed by atoms with Gasteiger partial charge in [0.2, 0.25) is 0 Å². The Bertz CT molecular complexity index is 615. The third kappa shape index (κ3) is 4.55. The lowest BCUT2D eigenvalue weighted by Gasteiger charge is -2.39. The zero-order valence-electron chi connectivity index (χ0n) is 13.8. The molecule has 1 saturated heterocycles. The van der Waals surface area contributed by atoms with Gasteiger partial charge >= 0.3 is 0 Å². The molecule has 0 unspecified atom stereocenters. The number of likely N-dealkylation sites (tertiary alicyclic amines) is 1. The van der Waals surface area contributed by atoms with Crippen LogP contribution in [0.3, 0.4) is 0 Å². The second kappa shape index (κ2) is 7.14. The van der Waals surface area contributed by atoms with Crippen LogP contribution in [0.1, 0.15) is 25.0 Å². The van der Waals surface area contributed by atoms with Crippen molar-refractivity contribution in [2.45, 2.75) is 32.9 Å². The molecule has 0 aliphatic carbocycles. The highest BCUT2D eigenvalue weighted by Crippen LogP contribution is 2.20. The Labute approximate surface area is 137 Å². The maximum absolute atomic E-state index is 12.9. The molecule has 3 rings (SSSR count). The zero-order valence-corrected chi connectivity index (χ0v) is 13.8. The van der Waals surface area contributed by atoms with Gasteiger partial charge in [-0.2, -0.15) is 0 Å². The summed E-state index contributed by atoms with van der Waals surface area (Å²) in [7, 11) is 0. The van der Waals surface area contributed by atoms with Gasteiger partial charge in [-0.25, -0.2) is 4.39 Å². The van der Waals surface area contributed by atoms with Crippen LogP contribution in [0.4, 0.5) is 4.39 Å². The molecule has 0 N–H and O–H groups in total. The third-order valence-corrected chi connectivity index (χ3v) is 4.11. The second-order valence-corrected chi connectivity index (χ2v) is 6.80. The van der Waals surface area contributed by atoms with E-state index in [2.05, 4.69) is 43.0 Å². The number of halogens is 1. The molecular formula is C20H24FNO. The standard InChI is InChI=1S/C20H24FNO/c1-15(2)11-16-3-5-17(6-4-16)12-22-13-20(14-22)23-19-9-7-18(21)8-10-19/h3-10,15,20H,11-14H2,1-2H3. The van der Waals surface area contributed by atoms with Gasteiger partial charge in [0, 0.05) is 19.6 Å². The number of hydrogen-bond donors (Lipinski definition) is 0. The minimum atomic E-state index is -0.228. The van der Waals surface area contributed by atoms with E-state index < -0.39 is 0 Å². The van der Waals surface area contributed by atoms with Crippen LogP contribution < -0.4 is 4.74 Å². The van der Waals surface area contributed by atoms with Crippen LogP contribution in [0, 0.1) is 11.7 Å². The summed E-state index contributed by atoms with van der Waals surface area (Å²) in [6.45, 7) is 7.30. The minimum absolute atomic E-state index is 0.209. The normalized spacial score (nSPS) is 15.7. The number of benzene rings is 2.